The quantitative estimate of drug-likeness (QED) is 0.399. The number of nitrogens with zero attached hydrogens (tertiary/aromatic N) is 4. The summed E-state index contributed by atoms with van der Waals surface area (Å²) in [5.41, 5.74) is 0.155. The van der Waals surface area contributed by atoms with E-state index in [1.165, 1.54) is 16.2 Å². The molecule has 1 aromatic heterocycles. The highest BCUT2D eigenvalue weighted by Gasteiger charge is 2.46. The molecule has 252 valence electrons. The van der Waals surface area contributed by atoms with Crippen molar-refractivity contribution >= 4 is 35.3 Å². The summed E-state index contributed by atoms with van der Waals surface area (Å²) in [5, 5.41) is 4.91. The molecule has 0 aliphatic carbocycles. The number of piperidine rings is 1. The van der Waals surface area contributed by atoms with E-state index in [-0.39, 0.29) is 44.0 Å². The van der Waals surface area contributed by atoms with Gasteiger partial charge in [0.1, 0.15) is 24.3 Å². The fraction of sp³-hybridized carbons (Fsp3) is 0.588. The van der Waals surface area contributed by atoms with Gasteiger partial charge in [0.2, 0.25) is 11.8 Å². The average Bonchev–Trinajstić information content (AvgIpc) is 3.55. The van der Waals surface area contributed by atoms with E-state index in [4.69, 9.17) is 9.47 Å². The minimum Gasteiger partial charge on any atom is -0.445 e. The Morgan fingerprint density at radius 1 is 0.978 bits per heavy atom. The maximum atomic E-state index is 14.7. The first-order valence-corrected chi connectivity index (χ1v) is 17.0. The van der Waals surface area contributed by atoms with Gasteiger partial charge in [-0.3, -0.25) is 14.5 Å². The molecule has 2 saturated heterocycles. The fourth-order valence-corrected chi connectivity index (χ4v) is 6.67. The van der Waals surface area contributed by atoms with Crippen LogP contribution in [-0.4, -0.2) is 108 Å². The number of carbonyl (C=O) groups is 4. The summed E-state index contributed by atoms with van der Waals surface area (Å²) >= 11 is 1.53. The minimum absolute atomic E-state index is 0.00655. The Morgan fingerprint density at radius 2 is 1.74 bits per heavy atom. The van der Waals surface area contributed by atoms with E-state index >= 15 is 0 Å². The maximum Gasteiger partial charge on any atom is 0.410 e. The van der Waals surface area contributed by atoms with Gasteiger partial charge in [0.15, 0.2) is 0 Å². The van der Waals surface area contributed by atoms with Crippen molar-refractivity contribution in [2.45, 2.75) is 77.3 Å². The second-order valence-corrected chi connectivity index (χ2v) is 14.3. The zero-order valence-corrected chi connectivity index (χ0v) is 28.6. The molecule has 11 nitrogen and oxygen atoms in total. The number of hydrogen-bond donors (Lipinski definition) is 1. The Morgan fingerprint density at radius 3 is 2.41 bits per heavy atom. The number of hydrogen-bond acceptors (Lipinski definition) is 8. The summed E-state index contributed by atoms with van der Waals surface area (Å²) in [7, 11) is 4.03. The van der Waals surface area contributed by atoms with Crippen LogP contribution in [0.25, 0.3) is 0 Å². The Balaban J connectivity index is 1.58. The normalized spacial score (nSPS) is 20.4. The van der Waals surface area contributed by atoms with Crippen LogP contribution in [-0.2, 0) is 32.2 Å². The smallest absolute Gasteiger partial charge is 0.410 e. The largest absolute Gasteiger partial charge is 0.445 e. The zero-order chi connectivity index (χ0) is 33.3. The topological polar surface area (TPSA) is 112 Å². The molecule has 3 unspecified atom stereocenters. The van der Waals surface area contributed by atoms with Gasteiger partial charge in [0.25, 0.3) is 0 Å². The van der Waals surface area contributed by atoms with Crippen molar-refractivity contribution in [3.05, 3.63) is 58.3 Å². The zero-order valence-electron chi connectivity index (χ0n) is 27.8. The lowest BCUT2D eigenvalue weighted by Gasteiger charge is -2.46. The van der Waals surface area contributed by atoms with Gasteiger partial charge >= 0.3 is 12.2 Å². The van der Waals surface area contributed by atoms with Crippen LogP contribution in [0.2, 0.25) is 0 Å². The van der Waals surface area contributed by atoms with Gasteiger partial charge in [-0.1, -0.05) is 36.4 Å². The first kappa shape index (κ1) is 35.2. The number of likely N-dealkylation sites (tertiary alicyclic amines) is 1. The molecule has 3 atom stereocenters. The molecule has 2 aliphatic rings. The second-order valence-electron chi connectivity index (χ2n) is 13.3. The average molecular weight is 656 g/mol. The van der Waals surface area contributed by atoms with E-state index in [9.17, 15) is 19.2 Å². The number of piperazine rings is 1. The van der Waals surface area contributed by atoms with E-state index in [0.717, 1.165) is 42.7 Å². The summed E-state index contributed by atoms with van der Waals surface area (Å²) in [6.45, 7) is 7.39. The van der Waals surface area contributed by atoms with E-state index in [0.29, 0.717) is 13.1 Å². The second kappa shape index (κ2) is 16.3. The van der Waals surface area contributed by atoms with Crippen LogP contribution in [0.5, 0.6) is 0 Å². The fourth-order valence-electron chi connectivity index (χ4n) is 6.03. The molecule has 1 aromatic carbocycles. The molecule has 0 saturated carbocycles. The third-order valence-electron chi connectivity index (χ3n) is 8.26. The predicted octanol–water partition coefficient (Wildman–Crippen LogP) is 4.57. The Kier molecular flexibility index (Phi) is 12.5. The van der Waals surface area contributed by atoms with Crippen molar-refractivity contribution in [1.82, 2.24) is 24.9 Å². The monoisotopic (exact) mass is 655 g/mol. The molecule has 2 aromatic rings. The van der Waals surface area contributed by atoms with E-state index in [1.807, 2.05) is 61.9 Å². The molecule has 4 rings (SSSR count). The van der Waals surface area contributed by atoms with Crippen molar-refractivity contribution < 1.29 is 28.7 Å². The van der Waals surface area contributed by atoms with Crippen LogP contribution in [0.1, 0.15) is 56.9 Å². The summed E-state index contributed by atoms with van der Waals surface area (Å²) < 4.78 is 11.3. The molecule has 1 N–H and O–H groups in total. The first-order chi connectivity index (χ1) is 21.9. The van der Waals surface area contributed by atoms with Crippen molar-refractivity contribution in [2.24, 2.45) is 5.92 Å². The number of ether oxygens (including phenoxy) is 2. The molecule has 2 aliphatic heterocycles. The van der Waals surface area contributed by atoms with Gasteiger partial charge in [-0.25, -0.2) is 9.59 Å². The Labute approximate surface area is 276 Å². The van der Waals surface area contributed by atoms with Crippen LogP contribution in [0.4, 0.5) is 9.59 Å². The third kappa shape index (κ3) is 9.93. The predicted molar refractivity (Wildman–Crippen MR) is 177 cm³/mol. The van der Waals surface area contributed by atoms with Gasteiger partial charge in [0, 0.05) is 24.5 Å². The van der Waals surface area contributed by atoms with E-state index < -0.39 is 29.9 Å². The van der Waals surface area contributed by atoms with Crippen LogP contribution >= 0.6 is 11.3 Å². The molecular weight excluding hydrogens is 606 g/mol. The maximum absolute atomic E-state index is 14.7. The number of nitrogens with one attached hydrogen (secondary N) is 1. The summed E-state index contributed by atoms with van der Waals surface area (Å²) in [5.74, 6) is -0.733. The molecule has 3 heterocycles. The summed E-state index contributed by atoms with van der Waals surface area (Å²) in [6.07, 6.45) is 2.11. The van der Waals surface area contributed by atoms with Gasteiger partial charge in [0.05, 0.1) is 13.1 Å². The van der Waals surface area contributed by atoms with Crippen LogP contribution in [0.15, 0.2) is 47.8 Å². The molecule has 0 spiro atoms. The Hall–Kier alpha value is -3.64. The van der Waals surface area contributed by atoms with Crippen molar-refractivity contribution in [3.8, 4) is 0 Å². The third-order valence-corrected chi connectivity index (χ3v) is 9.14. The molecule has 4 amide bonds. The molecule has 46 heavy (non-hydrogen) atoms. The molecular formula is C34H49N5O6S. The summed E-state index contributed by atoms with van der Waals surface area (Å²) in [4.78, 5) is 62.8. The molecule has 12 heteroatoms. The lowest BCUT2D eigenvalue weighted by Crippen LogP contribution is -2.66. The van der Waals surface area contributed by atoms with Gasteiger partial charge in [-0.2, -0.15) is 0 Å². The number of rotatable bonds is 10. The van der Waals surface area contributed by atoms with E-state index in [1.54, 1.807) is 30.6 Å². The molecule has 0 radical (unpaired) electrons. The summed E-state index contributed by atoms with van der Waals surface area (Å²) in [6, 6.07) is 11.6. The lowest BCUT2D eigenvalue weighted by atomic mass is 9.84. The van der Waals surface area contributed by atoms with Crippen molar-refractivity contribution in [2.75, 3.05) is 46.8 Å². The number of benzene rings is 1. The van der Waals surface area contributed by atoms with Crippen LogP contribution in [0.3, 0.4) is 0 Å². The van der Waals surface area contributed by atoms with Gasteiger partial charge in [-0.05, 0) is 90.0 Å². The highest BCUT2D eigenvalue weighted by Crippen LogP contribution is 2.31. The highest BCUT2D eigenvalue weighted by atomic mass is 32.1. The first-order valence-electron chi connectivity index (χ1n) is 16.1. The van der Waals surface area contributed by atoms with Crippen molar-refractivity contribution in [3.63, 3.8) is 0 Å². The van der Waals surface area contributed by atoms with Gasteiger partial charge < -0.3 is 29.5 Å². The molecule has 2 fully saturated rings. The van der Waals surface area contributed by atoms with Crippen molar-refractivity contribution in [1.29, 1.82) is 0 Å². The molecule has 0 bridgehead atoms. The minimum atomic E-state index is -0.944. The highest BCUT2D eigenvalue weighted by molar-refractivity contribution is 7.09. The van der Waals surface area contributed by atoms with E-state index in [2.05, 4.69) is 10.2 Å². The van der Waals surface area contributed by atoms with Gasteiger partial charge in [-0.15, -0.1) is 11.3 Å². The number of carbonyl (C=O) groups excluding carboxylic acids is 4. The number of amides is 4. The van der Waals surface area contributed by atoms with Crippen LogP contribution in [0, 0.1) is 5.92 Å². The lowest BCUT2D eigenvalue weighted by molar-refractivity contribution is -0.150. The standard InChI is InChI=1S/C34H49N5O6S/c1-34(2,3)45-32(42)37-19-20-38(28(23-37)30(40)35-22-27-16-11-21-46-27)31(41)29-26(14-9-17-36(4)5)15-10-18-39(29)33(43)44-24-25-12-7-6-8-13-25/h6-8,11-13,16,21,26,28-29H,9-10,14-15,17-20,22-24H2,1-5H3,(H,35,40). The van der Waals surface area contributed by atoms with Crippen LogP contribution < -0.4 is 5.32 Å². The number of thiophene rings is 1. The SMILES string of the molecule is CN(C)CCCC1CCCN(C(=O)OCc2ccccc2)C1C(=O)N1CCN(C(=O)OC(C)(C)C)CC1C(=O)NCc1cccs1. The Bertz CT molecular complexity index is 1300.